The molecule has 0 heterocycles. The smallest absolute Gasteiger partial charge is 0.145 e. The van der Waals surface area contributed by atoms with Crippen LogP contribution in [0.1, 0.15) is 57.8 Å². The Labute approximate surface area is 116 Å². The monoisotopic (exact) mass is 266 g/mol. The topological polar surface area (TPSA) is 35.5 Å². The summed E-state index contributed by atoms with van der Waals surface area (Å²) in [5.41, 5.74) is 0.0733. The van der Waals surface area contributed by atoms with Crippen LogP contribution < -0.4 is 0 Å². The lowest BCUT2D eigenvalue weighted by Crippen LogP contribution is -2.60. The summed E-state index contributed by atoms with van der Waals surface area (Å²) < 4.78 is 10.9. The van der Waals surface area contributed by atoms with Crippen LogP contribution in [0.2, 0.25) is 0 Å². The molecule has 0 radical (unpaired) electrons. The third-order valence-electron chi connectivity index (χ3n) is 6.09. The third kappa shape index (κ3) is 2.06. The highest BCUT2D eigenvalue weighted by atomic mass is 16.5. The average Bonchev–Trinajstić information content (AvgIpc) is 2.48. The normalized spacial score (nSPS) is 46.5. The van der Waals surface area contributed by atoms with Crippen molar-refractivity contribution in [1.29, 1.82) is 0 Å². The Morgan fingerprint density at radius 2 is 1.21 bits per heavy atom. The molecule has 3 nitrogen and oxygen atoms in total. The summed E-state index contributed by atoms with van der Waals surface area (Å²) in [6, 6.07) is 0. The molecule has 0 saturated heterocycles. The summed E-state index contributed by atoms with van der Waals surface area (Å²) in [6.07, 6.45) is 10.4. The summed E-state index contributed by atoms with van der Waals surface area (Å²) in [5.74, 6) is 0.587. The van der Waals surface area contributed by atoms with E-state index < -0.39 is 0 Å². The van der Waals surface area contributed by atoms with E-state index in [1.54, 1.807) is 14.2 Å². The van der Waals surface area contributed by atoms with Crippen LogP contribution >= 0.6 is 0 Å². The number of ether oxygens (including phenoxy) is 2. The number of carbonyl (C=O) groups is 1. The fourth-order valence-corrected chi connectivity index (χ4v) is 4.83. The maximum atomic E-state index is 12.8. The van der Waals surface area contributed by atoms with Crippen molar-refractivity contribution in [3.63, 3.8) is 0 Å². The van der Waals surface area contributed by atoms with Gasteiger partial charge in [-0.2, -0.15) is 0 Å². The van der Waals surface area contributed by atoms with Gasteiger partial charge in [0.1, 0.15) is 5.78 Å². The standard InChI is InChI=1S/C16H26O3/c1-18-12-3-7-15(8-4-12)11-16(14(15)17)9-5-13(19-2)6-10-16/h12-13H,3-11H2,1-2H3/t12?,13?,15-,16-. The second kappa shape index (κ2) is 4.85. The Hall–Kier alpha value is -0.410. The zero-order valence-corrected chi connectivity index (χ0v) is 12.2. The molecule has 108 valence electrons. The second-order valence-electron chi connectivity index (χ2n) is 6.94. The molecule has 3 fully saturated rings. The lowest BCUT2D eigenvalue weighted by molar-refractivity contribution is -0.172. The summed E-state index contributed by atoms with van der Waals surface area (Å²) in [7, 11) is 3.58. The van der Waals surface area contributed by atoms with Gasteiger partial charge >= 0.3 is 0 Å². The van der Waals surface area contributed by atoms with Crippen LogP contribution in [0.15, 0.2) is 0 Å². The van der Waals surface area contributed by atoms with E-state index in [0.717, 1.165) is 57.8 Å². The Bertz CT molecular complexity index is 315. The molecule has 0 N–H and O–H groups in total. The van der Waals surface area contributed by atoms with E-state index in [0.29, 0.717) is 18.0 Å². The number of rotatable bonds is 2. The van der Waals surface area contributed by atoms with Gasteiger partial charge in [0.15, 0.2) is 0 Å². The third-order valence-corrected chi connectivity index (χ3v) is 6.09. The predicted molar refractivity (Wildman–Crippen MR) is 73.0 cm³/mol. The first-order valence-electron chi connectivity index (χ1n) is 7.75. The van der Waals surface area contributed by atoms with Crippen molar-refractivity contribution in [2.24, 2.45) is 10.8 Å². The molecule has 0 aromatic rings. The first kappa shape index (κ1) is 13.6. The minimum absolute atomic E-state index is 0.0366. The molecule has 0 aromatic carbocycles. The highest BCUT2D eigenvalue weighted by molar-refractivity contribution is 5.96. The first-order valence-corrected chi connectivity index (χ1v) is 7.75. The van der Waals surface area contributed by atoms with Crippen molar-refractivity contribution in [1.82, 2.24) is 0 Å². The maximum absolute atomic E-state index is 12.8. The lowest BCUT2D eigenvalue weighted by Gasteiger charge is -2.58. The molecule has 3 rings (SSSR count). The summed E-state index contributed by atoms with van der Waals surface area (Å²) in [6.45, 7) is 0. The van der Waals surface area contributed by atoms with Gasteiger partial charge in [-0.1, -0.05) is 0 Å². The van der Waals surface area contributed by atoms with Gasteiger partial charge in [-0.3, -0.25) is 4.79 Å². The van der Waals surface area contributed by atoms with Gasteiger partial charge < -0.3 is 9.47 Å². The van der Waals surface area contributed by atoms with Gasteiger partial charge in [-0.05, 0) is 57.8 Å². The van der Waals surface area contributed by atoms with Crippen molar-refractivity contribution in [3.05, 3.63) is 0 Å². The van der Waals surface area contributed by atoms with Crippen LogP contribution in [0, 0.1) is 10.8 Å². The molecule has 19 heavy (non-hydrogen) atoms. The predicted octanol–water partition coefficient (Wildman–Crippen LogP) is 3.11. The Kier molecular flexibility index (Phi) is 3.46. The number of methoxy groups -OCH3 is 2. The van der Waals surface area contributed by atoms with E-state index in [-0.39, 0.29) is 10.8 Å². The fourth-order valence-electron chi connectivity index (χ4n) is 4.83. The molecule has 3 aliphatic carbocycles. The fraction of sp³-hybridized carbons (Fsp3) is 0.938. The zero-order chi connectivity index (χ0) is 13.5. The Balaban J connectivity index is 1.61. The van der Waals surface area contributed by atoms with Gasteiger partial charge in [0.05, 0.1) is 12.2 Å². The van der Waals surface area contributed by atoms with E-state index >= 15 is 0 Å². The number of hydrogen-bond donors (Lipinski definition) is 0. The Morgan fingerprint density at radius 3 is 1.47 bits per heavy atom. The molecule has 3 aliphatic rings. The van der Waals surface area contributed by atoms with E-state index in [1.165, 1.54) is 0 Å². The molecule has 2 spiro atoms. The molecule has 0 amide bonds. The van der Waals surface area contributed by atoms with Gasteiger partial charge in [-0.15, -0.1) is 0 Å². The highest BCUT2D eigenvalue weighted by Gasteiger charge is 2.63. The molecular formula is C16H26O3. The van der Waals surface area contributed by atoms with Crippen LogP contribution in [0.5, 0.6) is 0 Å². The molecule has 0 unspecified atom stereocenters. The Morgan fingerprint density at radius 1 is 0.842 bits per heavy atom. The summed E-state index contributed by atoms with van der Waals surface area (Å²) >= 11 is 0. The summed E-state index contributed by atoms with van der Waals surface area (Å²) in [4.78, 5) is 12.8. The van der Waals surface area contributed by atoms with Crippen molar-refractivity contribution in [2.45, 2.75) is 70.0 Å². The molecule has 3 saturated carbocycles. The average molecular weight is 266 g/mol. The SMILES string of the molecule is COC1CC[C@]2(CC1)C[C@@]1(CCC(OC)CC1)C2=O. The number of ketones is 1. The number of Topliss-reactive ketones (excluding diaryl/α,β-unsaturated/α-hetero) is 1. The lowest BCUT2D eigenvalue weighted by atomic mass is 9.44. The molecular weight excluding hydrogens is 240 g/mol. The van der Waals surface area contributed by atoms with Crippen molar-refractivity contribution < 1.29 is 14.3 Å². The molecule has 0 bridgehead atoms. The molecule has 3 heteroatoms. The van der Waals surface area contributed by atoms with Crippen LogP contribution in [0.25, 0.3) is 0 Å². The quantitative estimate of drug-likeness (QED) is 0.770. The largest absolute Gasteiger partial charge is 0.381 e. The highest BCUT2D eigenvalue weighted by Crippen LogP contribution is 2.63. The minimum atomic E-state index is 0.0366. The van der Waals surface area contributed by atoms with Crippen LogP contribution in [-0.4, -0.2) is 32.2 Å². The summed E-state index contributed by atoms with van der Waals surface area (Å²) in [5, 5.41) is 0. The zero-order valence-electron chi connectivity index (χ0n) is 12.2. The van der Waals surface area contributed by atoms with Crippen molar-refractivity contribution in [2.75, 3.05) is 14.2 Å². The first-order chi connectivity index (χ1) is 9.14. The molecule has 0 atom stereocenters. The van der Waals surface area contributed by atoms with E-state index in [4.69, 9.17) is 9.47 Å². The van der Waals surface area contributed by atoms with Crippen LogP contribution in [-0.2, 0) is 14.3 Å². The minimum Gasteiger partial charge on any atom is -0.381 e. The molecule has 0 aliphatic heterocycles. The van der Waals surface area contributed by atoms with Gasteiger partial charge in [0.25, 0.3) is 0 Å². The van der Waals surface area contributed by atoms with Crippen LogP contribution in [0.4, 0.5) is 0 Å². The number of carbonyl (C=O) groups excluding carboxylic acids is 1. The molecule has 0 aromatic heterocycles. The second-order valence-corrected chi connectivity index (χ2v) is 6.94. The van der Waals surface area contributed by atoms with Crippen molar-refractivity contribution in [3.8, 4) is 0 Å². The number of hydrogen-bond acceptors (Lipinski definition) is 3. The van der Waals surface area contributed by atoms with Gasteiger partial charge in [0, 0.05) is 25.0 Å². The van der Waals surface area contributed by atoms with E-state index in [2.05, 4.69) is 0 Å². The maximum Gasteiger partial charge on any atom is 0.145 e. The van der Waals surface area contributed by atoms with Gasteiger partial charge in [-0.25, -0.2) is 0 Å². The van der Waals surface area contributed by atoms with Crippen molar-refractivity contribution >= 4 is 5.78 Å². The van der Waals surface area contributed by atoms with Gasteiger partial charge in [0.2, 0.25) is 0 Å². The van der Waals surface area contributed by atoms with Crippen LogP contribution in [0.3, 0.4) is 0 Å². The van der Waals surface area contributed by atoms with E-state index in [1.807, 2.05) is 0 Å². The van der Waals surface area contributed by atoms with E-state index in [9.17, 15) is 4.79 Å².